The number of hydrogen-bond donors (Lipinski definition) is 3. The zero-order valence-corrected chi connectivity index (χ0v) is 12.9. The van der Waals surface area contributed by atoms with E-state index in [0.717, 1.165) is 31.8 Å². The molecule has 0 amide bonds. The van der Waals surface area contributed by atoms with Gasteiger partial charge >= 0.3 is 0 Å². The fourth-order valence-corrected chi connectivity index (χ4v) is 2.99. The first-order valence-corrected chi connectivity index (χ1v) is 7.98. The normalized spacial score (nSPS) is 25.3. The summed E-state index contributed by atoms with van der Waals surface area (Å²) in [6.07, 6.45) is 7.35. The SMILES string of the molecule is CC(C)(CCCCNC1CCN(C2CC2)C1)C(N)=NO. The minimum absolute atomic E-state index is 0.203. The molecule has 1 heterocycles. The van der Waals surface area contributed by atoms with Crippen molar-refractivity contribution in [3.05, 3.63) is 0 Å². The lowest BCUT2D eigenvalue weighted by molar-refractivity contribution is 0.303. The largest absolute Gasteiger partial charge is 0.409 e. The molecule has 2 fully saturated rings. The van der Waals surface area contributed by atoms with Crippen molar-refractivity contribution in [2.75, 3.05) is 19.6 Å². The minimum atomic E-state index is -0.203. The fourth-order valence-electron chi connectivity index (χ4n) is 2.99. The summed E-state index contributed by atoms with van der Waals surface area (Å²) < 4.78 is 0. The summed E-state index contributed by atoms with van der Waals surface area (Å²) in [6.45, 7) is 7.65. The molecule has 20 heavy (non-hydrogen) atoms. The van der Waals surface area contributed by atoms with Crippen molar-refractivity contribution in [1.82, 2.24) is 10.2 Å². The second kappa shape index (κ2) is 6.76. The number of hydrogen-bond acceptors (Lipinski definition) is 4. The average Bonchev–Trinajstić information content (AvgIpc) is 3.17. The second-order valence-electron chi connectivity index (χ2n) is 6.99. The second-order valence-corrected chi connectivity index (χ2v) is 6.99. The number of rotatable bonds is 8. The van der Waals surface area contributed by atoms with Crippen molar-refractivity contribution in [2.45, 2.75) is 64.5 Å². The van der Waals surface area contributed by atoms with Crippen LogP contribution in [0.5, 0.6) is 0 Å². The van der Waals surface area contributed by atoms with E-state index in [9.17, 15) is 0 Å². The van der Waals surface area contributed by atoms with Gasteiger partial charge in [-0.05, 0) is 38.6 Å². The summed E-state index contributed by atoms with van der Waals surface area (Å²) in [5.41, 5.74) is 5.49. The summed E-state index contributed by atoms with van der Waals surface area (Å²) in [6, 6.07) is 1.59. The Balaban J connectivity index is 1.53. The highest BCUT2D eigenvalue weighted by atomic mass is 16.4. The highest BCUT2D eigenvalue weighted by molar-refractivity contribution is 5.85. The van der Waals surface area contributed by atoms with Crippen LogP contribution in [0.2, 0.25) is 0 Å². The smallest absolute Gasteiger partial charge is 0.144 e. The third kappa shape index (κ3) is 4.35. The molecular formula is C15H30N4O. The van der Waals surface area contributed by atoms with Crippen LogP contribution in [-0.2, 0) is 0 Å². The van der Waals surface area contributed by atoms with Crippen molar-refractivity contribution >= 4 is 5.84 Å². The number of unbranched alkanes of at least 4 members (excludes halogenated alkanes) is 1. The first-order valence-electron chi connectivity index (χ1n) is 7.98. The lowest BCUT2D eigenvalue weighted by atomic mass is 9.86. The molecule has 0 bridgehead atoms. The average molecular weight is 282 g/mol. The van der Waals surface area contributed by atoms with E-state index in [1.54, 1.807) is 0 Å². The Morgan fingerprint density at radius 1 is 1.35 bits per heavy atom. The Bertz CT molecular complexity index is 339. The monoisotopic (exact) mass is 282 g/mol. The minimum Gasteiger partial charge on any atom is -0.409 e. The topological polar surface area (TPSA) is 73.9 Å². The predicted molar refractivity (Wildman–Crippen MR) is 82.0 cm³/mol. The highest BCUT2D eigenvalue weighted by Gasteiger charge is 2.33. The van der Waals surface area contributed by atoms with E-state index in [0.29, 0.717) is 11.9 Å². The van der Waals surface area contributed by atoms with Crippen LogP contribution in [0, 0.1) is 5.41 Å². The third-order valence-electron chi connectivity index (χ3n) is 4.75. The molecule has 2 rings (SSSR count). The van der Waals surface area contributed by atoms with Crippen molar-refractivity contribution in [3.8, 4) is 0 Å². The van der Waals surface area contributed by atoms with Crippen molar-refractivity contribution in [3.63, 3.8) is 0 Å². The van der Waals surface area contributed by atoms with Crippen LogP contribution in [0.3, 0.4) is 0 Å². The van der Waals surface area contributed by atoms with E-state index < -0.39 is 0 Å². The third-order valence-corrected chi connectivity index (χ3v) is 4.75. The van der Waals surface area contributed by atoms with E-state index >= 15 is 0 Å². The van der Waals surface area contributed by atoms with E-state index in [2.05, 4.69) is 15.4 Å². The molecule has 0 aromatic rings. The molecule has 5 nitrogen and oxygen atoms in total. The van der Waals surface area contributed by atoms with Crippen molar-refractivity contribution in [2.24, 2.45) is 16.3 Å². The van der Waals surface area contributed by atoms with Gasteiger partial charge in [-0.15, -0.1) is 0 Å². The number of nitrogens with two attached hydrogens (primary N) is 1. The van der Waals surface area contributed by atoms with Crippen LogP contribution in [-0.4, -0.2) is 47.7 Å². The van der Waals surface area contributed by atoms with Crippen molar-refractivity contribution < 1.29 is 5.21 Å². The van der Waals surface area contributed by atoms with Gasteiger partial charge in [0, 0.05) is 30.6 Å². The van der Waals surface area contributed by atoms with E-state index in [4.69, 9.17) is 10.9 Å². The lowest BCUT2D eigenvalue weighted by Crippen LogP contribution is -2.34. The fraction of sp³-hybridized carbons (Fsp3) is 0.933. The number of nitrogens with one attached hydrogen (secondary N) is 1. The van der Waals surface area contributed by atoms with Gasteiger partial charge in [0.1, 0.15) is 5.84 Å². The Labute approximate surface area is 122 Å². The summed E-state index contributed by atoms with van der Waals surface area (Å²) >= 11 is 0. The first-order chi connectivity index (χ1) is 9.53. The van der Waals surface area contributed by atoms with Crippen LogP contribution in [0.15, 0.2) is 5.16 Å². The Hall–Kier alpha value is -0.810. The number of nitrogens with zero attached hydrogens (tertiary/aromatic N) is 2. The molecule has 0 radical (unpaired) electrons. The van der Waals surface area contributed by atoms with Crippen molar-refractivity contribution in [1.29, 1.82) is 0 Å². The molecule has 2 aliphatic rings. The van der Waals surface area contributed by atoms with Crippen LogP contribution >= 0.6 is 0 Å². The summed E-state index contributed by atoms with van der Waals surface area (Å²) in [5, 5.41) is 15.5. The van der Waals surface area contributed by atoms with Gasteiger partial charge in [-0.2, -0.15) is 0 Å². The van der Waals surface area contributed by atoms with Gasteiger partial charge < -0.3 is 16.3 Å². The van der Waals surface area contributed by atoms with Crippen LogP contribution in [0.4, 0.5) is 0 Å². The molecule has 1 aliphatic carbocycles. The maximum Gasteiger partial charge on any atom is 0.144 e. The zero-order valence-electron chi connectivity index (χ0n) is 12.9. The molecule has 0 aromatic carbocycles. The van der Waals surface area contributed by atoms with Gasteiger partial charge in [0.25, 0.3) is 0 Å². The Morgan fingerprint density at radius 2 is 2.10 bits per heavy atom. The molecule has 116 valence electrons. The van der Waals surface area contributed by atoms with Gasteiger partial charge in [-0.1, -0.05) is 25.4 Å². The van der Waals surface area contributed by atoms with Crippen LogP contribution < -0.4 is 11.1 Å². The molecular weight excluding hydrogens is 252 g/mol. The molecule has 1 saturated carbocycles. The molecule has 1 saturated heterocycles. The highest BCUT2D eigenvalue weighted by Crippen LogP contribution is 2.29. The number of likely N-dealkylation sites (tertiary alicyclic amines) is 1. The Kier molecular flexibility index (Phi) is 5.27. The van der Waals surface area contributed by atoms with Gasteiger partial charge in [0.15, 0.2) is 0 Å². The molecule has 5 heteroatoms. The summed E-state index contributed by atoms with van der Waals surface area (Å²) in [5.74, 6) is 0.335. The van der Waals surface area contributed by atoms with E-state index in [1.807, 2.05) is 13.8 Å². The van der Waals surface area contributed by atoms with Gasteiger partial charge in [0.05, 0.1) is 0 Å². The standard InChI is InChI=1S/C15H30N4O/c1-15(2,14(16)18-20)8-3-4-9-17-12-7-10-19(11-12)13-5-6-13/h12-13,17,20H,3-11H2,1-2H3,(H2,16,18). The molecule has 4 N–H and O–H groups in total. The van der Waals surface area contributed by atoms with Gasteiger partial charge in [-0.3, -0.25) is 4.90 Å². The molecule has 0 aromatic heterocycles. The van der Waals surface area contributed by atoms with E-state index in [-0.39, 0.29) is 5.41 Å². The van der Waals surface area contributed by atoms with Gasteiger partial charge in [0.2, 0.25) is 0 Å². The van der Waals surface area contributed by atoms with Gasteiger partial charge in [-0.25, -0.2) is 0 Å². The number of oxime groups is 1. The number of amidine groups is 1. The molecule has 1 atom stereocenters. The Morgan fingerprint density at radius 3 is 2.75 bits per heavy atom. The zero-order chi connectivity index (χ0) is 14.6. The molecule has 1 aliphatic heterocycles. The summed E-state index contributed by atoms with van der Waals surface area (Å²) in [4.78, 5) is 2.64. The van der Waals surface area contributed by atoms with E-state index in [1.165, 1.54) is 32.4 Å². The quantitative estimate of drug-likeness (QED) is 0.208. The maximum atomic E-state index is 8.74. The predicted octanol–water partition coefficient (Wildman–Crippen LogP) is 1.76. The molecule has 0 spiro atoms. The lowest BCUT2D eigenvalue weighted by Gasteiger charge is -2.22. The van der Waals surface area contributed by atoms with Crippen LogP contribution in [0.25, 0.3) is 0 Å². The summed E-state index contributed by atoms with van der Waals surface area (Å²) in [7, 11) is 0. The first kappa shape index (κ1) is 15.6. The van der Waals surface area contributed by atoms with Crippen LogP contribution in [0.1, 0.15) is 52.4 Å². The molecule has 1 unspecified atom stereocenters. The maximum absolute atomic E-state index is 8.74.